The van der Waals surface area contributed by atoms with E-state index in [4.69, 9.17) is 5.11 Å². The summed E-state index contributed by atoms with van der Waals surface area (Å²) in [6, 6.07) is 0. The minimum atomic E-state index is 0.402. The molecule has 1 N–H and O–H groups in total. The maximum absolute atomic E-state index is 8.90. The zero-order chi connectivity index (χ0) is 8.10. The minimum absolute atomic E-state index is 0.402. The normalized spacial score (nSPS) is 32.2. The first-order valence-electron chi connectivity index (χ1n) is 4.81. The molecule has 0 unspecified atom stereocenters. The number of rotatable bonds is 3. The minimum Gasteiger partial charge on any atom is -0.396 e. The lowest BCUT2D eigenvalue weighted by Gasteiger charge is -2.26. The summed E-state index contributed by atoms with van der Waals surface area (Å²) in [6.45, 7) is 2.61. The quantitative estimate of drug-likeness (QED) is 0.663. The maximum atomic E-state index is 8.90. The molecule has 1 radical (unpaired) electrons. The van der Waals surface area contributed by atoms with E-state index in [1.54, 1.807) is 0 Å². The van der Waals surface area contributed by atoms with Crippen molar-refractivity contribution in [2.75, 3.05) is 6.61 Å². The Balaban J connectivity index is 2.14. The molecule has 1 heteroatoms. The lowest BCUT2D eigenvalue weighted by atomic mass is 9.80. The van der Waals surface area contributed by atoms with E-state index >= 15 is 0 Å². The molecule has 65 valence electrons. The molecule has 0 aromatic heterocycles. The van der Waals surface area contributed by atoms with Crippen molar-refractivity contribution in [2.24, 2.45) is 11.8 Å². The molecule has 0 amide bonds. The van der Waals surface area contributed by atoms with Gasteiger partial charge in [0.25, 0.3) is 0 Å². The van der Waals surface area contributed by atoms with E-state index < -0.39 is 0 Å². The lowest BCUT2D eigenvalue weighted by Crippen LogP contribution is -2.17. The van der Waals surface area contributed by atoms with Crippen LogP contribution in [0.2, 0.25) is 0 Å². The Kier molecular flexibility index (Phi) is 3.92. The van der Waals surface area contributed by atoms with Crippen LogP contribution in [0.5, 0.6) is 0 Å². The molecule has 0 heterocycles. The molecule has 1 fully saturated rings. The molecular formula is C10H19O. The summed E-state index contributed by atoms with van der Waals surface area (Å²) in [6.07, 6.45) is 8.70. The third-order valence-corrected chi connectivity index (χ3v) is 2.72. The van der Waals surface area contributed by atoms with E-state index in [1.807, 2.05) is 0 Å². The van der Waals surface area contributed by atoms with Crippen molar-refractivity contribution < 1.29 is 5.11 Å². The van der Waals surface area contributed by atoms with Crippen LogP contribution in [0, 0.1) is 18.3 Å². The molecule has 1 saturated carbocycles. The Labute approximate surface area is 69.8 Å². The van der Waals surface area contributed by atoms with Crippen molar-refractivity contribution in [3.8, 4) is 0 Å². The third kappa shape index (κ3) is 2.82. The molecule has 1 aliphatic carbocycles. The fourth-order valence-corrected chi connectivity index (χ4v) is 1.94. The van der Waals surface area contributed by atoms with Gasteiger partial charge in [0.15, 0.2) is 0 Å². The van der Waals surface area contributed by atoms with Gasteiger partial charge >= 0.3 is 0 Å². The second kappa shape index (κ2) is 4.76. The standard InChI is InChI=1S/C10H19O/c1-2-3-9-4-6-10(8-11)7-5-9/h3,9-11H,2,4-8H2,1H3. The molecule has 0 saturated heterocycles. The van der Waals surface area contributed by atoms with Gasteiger partial charge in [-0.15, -0.1) is 0 Å². The first kappa shape index (κ1) is 9.05. The van der Waals surface area contributed by atoms with Crippen LogP contribution >= 0.6 is 0 Å². The molecule has 1 rings (SSSR count). The summed E-state index contributed by atoms with van der Waals surface area (Å²) in [4.78, 5) is 0. The number of aliphatic hydroxyl groups is 1. The molecule has 0 atom stereocenters. The summed E-state index contributed by atoms with van der Waals surface area (Å²) in [5, 5.41) is 8.90. The molecule has 0 aromatic rings. The Hall–Kier alpha value is -0.0400. The molecule has 11 heavy (non-hydrogen) atoms. The fraction of sp³-hybridized carbons (Fsp3) is 0.900. The highest BCUT2D eigenvalue weighted by Crippen LogP contribution is 2.30. The summed E-state index contributed by atoms with van der Waals surface area (Å²) < 4.78 is 0. The summed E-state index contributed by atoms with van der Waals surface area (Å²) in [7, 11) is 0. The summed E-state index contributed by atoms with van der Waals surface area (Å²) in [5.41, 5.74) is 0. The van der Waals surface area contributed by atoms with Crippen molar-refractivity contribution >= 4 is 0 Å². The highest BCUT2D eigenvalue weighted by atomic mass is 16.3. The van der Waals surface area contributed by atoms with Gasteiger partial charge in [-0.2, -0.15) is 0 Å². The predicted molar refractivity (Wildman–Crippen MR) is 47.1 cm³/mol. The molecule has 0 aliphatic heterocycles. The second-order valence-corrected chi connectivity index (χ2v) is 3.61. The van der Waals surface area contributed by atoms with Gasteiger partial charge in [-0.05, 0) is 43.9 Å². The zero-order valence-corrected chi connectivity index (χ0v) is 7.42. The topological polar surface area (TPSA) is 20.2 Å². The lowest BCUT2D eigenvalue weighted by molar-refractivity contribution is 0.174. The molecule has 0 bridgehead atoms. The number of aliphatic hydroxyl groups excluding tert-OH is 1. The van der Waals surface area contributed by atoms with Gasteiger partial charge in [0.1, 0.15) is 0 Å². The van der Waals surface area contributed by atoms with Gasteiger partial charge in [-0.1, -0.05) is 13.3 Å². The van der Waals surface area contributed by atoms with Crippen LogP contribution < -0.4 is 0 Å². The van der Waals surface area contributed by atoms with E-state index in [9.17, 15) is 0 Å². The molecule has 1 aliphatic rings. The highest BCUT2D eigenvalue weighted by molar-refractivity contribution is 4.80. The average Bonchev–Trinajstić information content (AvgIpc) is 2.07. The smallest absolute Gasteiger partial charge is 0.0459 e. The van der Waals surface area contributed by atoms with E-state index in [-0.39, 0.29) is 0 Å². The van der Waals surface area contributed by atoms with E-state index in [2.05, 4.69) is 13.3 Å². The molecule has 1 nitrogen and oxygen atoms in total. The Morgan fingerprint density at radius 2 is 1.91 bits per heavy atom. The highest BCUT2D eigenvalue weighted by Gasteiger charge is 2.19. The van der Waals surface area contributed by atoms with Crippen LogP contribution in [0.4, 0.5) is 0 Å². The van der Waals surface area contributed by atoms with Crippen LogP contribution in [-0.4, -0.2) is 11.7 Å². The van der Waals surface area contributed by atoms with Crippen LogP contribution in [-0.2, 0) is 0 Å². The van der Waals surface area contributed by atoms with Crippen LogP contribution in [0.1, 0.15) is 39.0 Å². The summed E-state index contributed by atoms with van der Waals surface area (Å²) >= 11 is 0. The average molecular weight is 155 g/mol. The first-order chi connectivity index (χ1) is 5.36. The van der Waals surface area contributed by atoms with Gasteiger partial charge < -0.3 is 5.11 Å². The molecule has 0 aromatic carbocycles. The monoisotopic (exact) mass is 155 g/mol. The Bertz CT molecular complexity index is 93.0. The number of hydrogen-bond acceptors (Lipinski definition) is 1. The predicted octanol–water partition coefficient (Wildman–Crippen LogP) is 2.40. The van der Waals surface area contributed by atoms with Crippen LogP contribution in [0.3, 0.4) is 0 Å². The Morgan fingerprint density at radius 1 is 1.27 bits per heavy atom. The zero-order valence-electron chi connectivity index (χ0n) is 7.42. The third-order valence-electron chi connectivity index (χ3n) is 2.72. The van der Waals surface area contributed by atoms with Crippen molar-refractivity contribution in [3.63, 3.8) is 0 Å². The van der Waals surface area contributed by atoms with Crippen molar-refractivity contribution in [3.05, 3.63) is 6.42 Å². The van der Waals surface area contributed by atoms with Crippen LogP contribution in [0.25, 0.3) is 0 Å². The fourth-order valence-electron chi connectivity index (χ4n) is 1.94. The van der Waals surface area contributed by atoms with Gasteiger partial charge in [0, 0.05) is 6.61 Å². The summed E-state index contributed by atoms with van der Waals surface area (Å²) in [5.74, 6) is 1.46. The van der Waals surface area contributed by atoms with E-state index in [0.29, 0.717) is 12.5 Å². The largest absolute Gasteiger partial charge is 0.396 e. The van der Waals surface area contributed by atoms with Crippen LogP contribution in [0.15, 0.2) is 0 Å². The first-order valence-corrected chi connectivity index (χ1v) is 4.81. The Morgan fingerprint density at radius 3 is 2.36 bits per heavy atom. The van der Waals surface area contributed by atoms with Crippen molar-refractivity contribution in [1.82, 2.24) is 0 Å². The van der Waals surface area contributed by atoms with Crippen molar-refractivity contribution in [2.45, 2.75) is 39.0 Å². The van der Waals surface area contributed by atoms with Gasteiger partial charge in [0.05, 0.1) is 0 Å². The van der Waals surface area contributed by atoms with Crippen molar-refractivity contribution in [1.29, 1.82) is 0 Å². The second-order valence-electron chi connectivity index (χ2n) is 3.61. The maximum Gasteiger partial charge on any atom is 0.0459 e. The molecule has 0 spiro atoms. The van der Waals surface area contributed by atoms with Gasteiger partial charge in [-0.3, -0.25) is 0 Å². The van der Waals surface area contributed by atoms with E-state index in [0.717, 1.165) is 5.92 Å². The van der Waals surface area contributed by atoms with Gasteiger partial charge in [-0.25, -0.2) is 0 Å². The molecular weight excluding hydrogens is 136 g/mol. The van der Waals surface area contributed by atoms with Gasteiger partial charge in [0.2, 0.25) is 0 Å². The van der Waals surface area contributed by atoms with E-state index in [1.165, 1.54) is 32.1 Å². The SMILES string of the molecule is CC[CH]C1CCC(CO)CC1. The number of hydrogen-bond donors (Lipinski definition) is 1.